The fraction of sp³-hybridized carbons (Fsp3) is 0.417. The summed E-state index contributed by atoms with van der Waals surface area (Å²) < 4.78 is 19.5. The van der Waals surface area contributed by atoms with E-state index in [-0.39, 0.29) is 17.7 Å². The van der Waals surface area contributed by atoms with Crippen molar-refractivity contribution < 1.29 is 23.8 Å². The number of rotatable bonds is 12. The lowest BCUT2D eigenvalue weighted by molar-refractivity contribution is -0.134. The molecule has 0 unspecified atom stereocenters. The predicted octanol–water partition coefficient (Wildman–Crippen LogP) is 6.63. The zero-order chi connectivity index (χ0) is 21.1. The van der Waals surface area contributed by atoms with Crippen molar-refractivity contribution in [2.24, 2.45) is 0 Å². The molecule has 0 radical (unpaired) electrons. The highest BCUT2D eigenvalue weighted by atomic mass is 19.1. The summed E-state index contributed by atoms with van der Waals surface area (Å²) in [5, 5.41) is 8.94. The predicted molar refractivity (Wildman–Crippen MR) is 112 cm³/mol. The summed E-state index contributed by atoms with van der Waals surface area (Å²) in [6.45, 7) is 2.19. The van der Waals surface area contributed by atoms with Gasteiger partial charge in [0.25, 0.3) is 0 Å². The van der Waals surface area contributed by atoms with Crippen molar-refractivity contribution >= 4 is 11.9 Å². The molecular weight excluding hydrogens is 371 g/mol. The Morgan fingerprint density at radius 1 is 0.862 bits per heavy atom. The van der Waals surface area contributed by atoms with Gasteiger partial charge in [-0.1, -0.05) is 70.1 Å². The van der Waals surface area contributed by atoms with Crippen molar-refractivity contribution in [3.05, 3.63) is 53.8 Å². The molecule has 0 aliphatic rings. The first kappa shape index (κ1) is 22.6. The topological polar surface area (TPSA) is 63.6 Å². The molecule has 0 aliphatic heterocycles. The molecule has 0 spiro atoms. The van der Waals surface area contributed by atoms with E-state index < -0.39 is 17.8 Å². The Bertz CT molecular complexity index is 799. The molecular formula is C24H29FO4. The van der Waals surface area contributed by atoms with Crippen LogP contribution in [0.2, 0.25) is 0 Å². The number of hydrogen-bond acceptors (Lipinski definition) is 3. The molecule has 0 fully saturated rings. The third-order valence-corrected chi connectivity index (χ3v) is 4.86. The van der Waals surface area contributed by atoms with Gasteiger partial charge in [-0.15, -0.1) is 0 Å². The maximum absolute atomic E-state index is 14.3. The van der Waals surface area contributed by atoms with Gasteiger partial charge in [0.15, 0.2) is 11.6 Å². The third-order valence-electron chi connectivity index (χ3n) is 4.86. The average molecular weight is 400 g/mol. The van der Waals surface area contributed by atoms with E-state index in [1.807, 2.05) is 0 Å². The largest absolute Gasteiger partial charge is 0.478 e. The Morgan fingerprint density at radius 3 is 2.03 bits per heavy atom. The van der Waals surface area contributed by atoms with Gasteiger partial charge in [-0.3, -0.25) is 4.79 Å². The minimum absolute atomic E-state index is 0.0829. The fourth-order valence-electron chi connectivity index (χ4n) is 3.15. The second-order valence-corrected chi connectivity index (χ2v) is 7.23. The lowest BCUT2D eigenvalue weighted by Crippen LogP contribution is -2.08. The molecule has 0 aliphatic carbocycles. The minimum Gasteiger partial charge on any atom is -0.478 e. The number of hydrogen-bond donors (Lipinski definition) is 1. The number of halogens is 1. The van der Waals surface area contributed by atoms with E-state index in [9.17, 15) is 14.0 Å². The van der Waals surface area contributed by atoms with Gasteiger partial charge in [0.1, 0.15) is 0 Å². The van der Waals surface area contributed by atoms with Crippen molar-refractivity contribution in [2.75, 3.05) is 0 Å². The van der Waals surface area contributed by atoms with Crippen molar-refractivity contribution in [3.63, 3.8) is 0 Å². The van der Waals surface area contributed by atoms with E-state index >= 15 is 0 Å². The minimum atomic E-state index is -1.01. The summed E-state index contributed by atoms with van der Waals surface area (Å²) in [7, 11) is 0. The molecule has 0 heterocycles. The highest BCUT2D eigenvalue weighted by Gasteiger charge is 2.11. The zero-order valence-corrected chi connectivity index (χ0v) is 17.0. The number of ether oxygens (including phenoxy) is 1. The number of carboxylic acid groups (broad SMARTS) is 1. The molecule has 2 aromatic rings. The Kier molecular flexibility index (Phi) is 9.35. The Hall–Kier alpha value is -2.69. The monoisotopic (exact) mass is 400 g/mol. The number of carboxylic acids is 1. The van der Waals surface area contributed by atoms with E-state index in [0.29, 0.717) is 11.1 Å². The standard InChI is InChI=1S/C24H29FO4/c1-2-3-4-5-6-7-8-9-10-23(26)29-22-16-15-20(17-21(22)25)18-11-13-19(14-12-18)24(27)28/h11-17H,2-10H2,1H3,(H,27,28). The maximum Gasteiger partial charge on any atom is 0.335 e. The van der Waals surface area contributed by atoms with Gasteiger partial charge in [-0.25, -0.2) is 9.18 Å². The van der Waals surface area contributed by atoms with Gasteiger partial charge >= 0.3 is 11.9 Å². The zero-order valence-electron chi connectivity index (χ0n) is 17.0. The highest BCUT2D eigenvalue weighted by Crippen LogP contribution is 2.26. The van der Waals surface area contributed by atoms with Gasteiger partial charge in [-0.05, 0) is 41.8 Å². The quantitative estimate of drug-likeness (QED) is 0.247. The van der Waals surface area contributed by atoms with Gasteiger partial charge in [0, 0.05) is 6.42 Å². The van der Waals surface area contributed by atoms with Crippen LogP contribution in [0.4, 0.5) is 4.39 Å². The smallest absolute Gasteiger partial charge is 0.335 e. The van der Waals surface area contributed by atoms with Crippen LogP contribution in [0.15, 0.2) is 42.5 Å². The average Bonchev–Trinajstić information content (AvgIpc) is 2.71. The van der Waals surface area contributed by atoms with E-state index in [4.69, 9.17) is 9.84 Å². The van der Waals surface area contributed by atoms with Crippen LogP contribution in [0.5, 0.6) is 5.75 Å². The lowest BCUT2D eigenvalue weighted by Gasteiger charge is -2.08. The summed E-state index contributed by atoms with van der Waals surface area (Å²) in [6, 6.07) is 10.5. The van der Waals surface area contributed by atoms with Crippen LogP contribution >= 0.6 is 0 Å². The van der Waals surface area contributed by atoms with Gasteiger partial charge in [-0.2, -0.15) is 0 Å². The summed E-state index contributed by atoms with van der Waals surface area (Å²) >= 11 is 0. The van der Waals surface area contributed by atoms with Crippen LogP contribution in [0.25, 0.3) is 11.1 Å². The van der Waals surface area contributed by atoms with Crippen LogP contribution in [-0.2, 0) is 4.79 Å². The molecule has 29 heavy (non-hydrogen) atoms. The number of carbonyl (C=O) groups is 2. The number of carbonyl (C=O) groups excluding carboxylic acids is 1. The molecule has 0 amide bonds. The fourth-order valence-corrected chi connectivity index (χ4v) is 3.15. The van der Waals surface area contributed by atoms with E-state index in [1.165, 1.54) is 56.4 Å². The van der Waals surface area contributed by atoms with E-state index in [1.54, 1.807) is 18.2 Å². The molecule has 1 N–H and O–H groups in total. The Morgan fingerprint density at radius 2 is 1.45 bits per heavy atom. The first-order valence-electron chi connectivity index (χ1n) is 10.3. The van der Waals surface area contributed by atoms with Gasteiger partial charge in [0.05, 0.1) is 5.56 Å². The SMILES string of the molecule is CCCCCCCCCCC(=O)Oc1ccc(-c2ccc(C(=O)O)cc2)cc1F. The molecule has 4 nitrogen and oxygen atoms in total. The first-order valence-corrected chi connectivity index (χ1v) is 10.3. The second-order valence-electron chi connectivity index (χ2n) is 7.23. The summed E-state index contributed by atoms with van der Waals surface area (Å²) in [5.74, 6) is -2.13. The van der Waals surface area contributed by atoms with E-state index in [2.05, 4.69) is 6.92 Å². The second kappa shape index (κ2) is 12.0. The molecule has 0 bridgehead atoms. The molecule has 2 rings (SSSR count). The van der Waals surface area contributed by atoms with Crippen molar-refractivity contribution in [1.82, 2.24) is 0 Å². The van der Waals surface area contributed by atoms with Gasteiger partial charge in [0.2, 0.25) is 0 Å². The highest BCUT2D eigenvalue weighted by molar-refractivity contribution is 5.88. The lowest BCUT2D eigenvalue weighted by atomic mass is 10.0. The summed E-state index contributed by atoms with van der Waals surface area (Å²) in [6.07, 6.45) is 9.36. The number of esters is 1. The number of benzene rings is 2. The molecule has 0 saturated heterocycles. The van der Waals surface area contributed by atoms with Crippen LogP contribution < -0.4 is 4.74 Å². The number of unbranched alkanes of at least 4 members (excludes halogenated alkanes) is 7. The third kappa shape index (κ3) is 7.68. The molecule has 0 saturated carbocycles. The normalized spacial score (nSPS) is 10.7. The number of aromatic carboxylic acids is 1. The van der Waals surface area contributed by atoms with Crippen molar-refractivity contribution in [3.8, 4) is 16.9 Å². The van der Waals surface area contributed by atoms with Crippen LogP contribution in [0.3, 0.4) is 0 Å². The molecule has 2 aromatic carbocycles. The molecule has 156 valence electrons. The molecule has 0 aromatic heterocycles. The summed E-state index contributed by atoms with van der Waals surface area (Å²) in [4.78, 5) is 22.9. The molecule has 0 atom stereocenters. The summed E-state index contributed by atoms with van der Waals surface area (Å²) in [5.41, 5.74) is 1.44. The van der Waals surface area contributed by atoms with Crippen LogP contribution in [0, 0.1) is 5.82 Å². The van der Waals surface area contributed by atoms with Crippen LogP contribution in [0.1, 0.15) is 75.1 Å². The van der Waals surface area contributed by atoms with Gasteiger partial charge < -0.3 is 9.84 Å². The van der Waals surface area contributed by atoms with E-state index in [0.717, 1.165) is 19.3 Å². The Balaban J connectivity index is 1.79. The molecule has 5 heteroatoms. The maximum atomic E-state index is 14.3. The first-order chi connectivity index (χ1) is 14.0. The van der Waals surface area contributed by atoms with Crippen LogP contribution in [-0.4, -0.2) is 17.0 Å². The Labute approximate surface area is 171 Å². The van der Waals surface area contributed by atoms with Crippen molar-refractivity contribution in [2.45, 2.75) is 64.7 Å². The van der Waals surface area contributed by atoms with Crippen molar-refractivity contribution in [1.29, 1.82) is 0 Å².